The van der Waals surface area contributed by atoms with Crippen LogP contribution in [0.1, 0.15) is 11.1 Å². The van der Waals surface area contributed by atoms with Crippen LogP contribution in [0.25, 0.3) is 0 Å². The highest BCUT2D eigenvalue weighted by molar-refractivity contribution is 7.80. The average molecular weight is 314 g/mol. The van der Waals surface area contributed by atoms with Gasteiger partial charge < -0.3 is 10.5 Å². The van der Waals surface area contributed by atoms with Gasteiger partial charge in [0.15, 0.2) is 11.6 Å². The molecule has 0 aliphatic rings. The molecule has 0 saturated carbocycles. The van der Waals surface area contributed by atoms with Gasteiger partial charge in [-0.25, -0.2) is 8.78 Å². The maximum absolute atomic E-state index is 13.0. The third-order valence-electron chi connectivity index (χ3n) is 2.59. The van der Waals surface area contributed by atoms with Crippen molar-refractivity contribution in [3.8, 4) is 5.75 Å². The van der Waals surface area contributed by atoms with E-state index in [9.17, 15) is 8.78 Å². The summed E-state index contributed by atoms with van der Waals surface area (Å²) in [6.07, 6.45) is 0. The van der Waals surface area contributed by atoms with E-state index in [1.54, 1.807) is 18.2 Å². The van der Waals surface area contributed by atoms with Crippen molar-refractivity contribution in [2.75, 3.05) is 0 Å². The van der Waals surface area contributed by atoms with Crippen molar-refractivity contribution in [2.45, 2.75) is 6.61 Å². The van der Waals surface area contributed by atoms with Crippen molar-refractivity contribution in [2.24, 2.45) is 5.73 Å². The standard InChI is InChI=1S/C14H10ClF2NOS/c15-10-6-9(14(18)20)2-4-13(10)19-7-8-1-3-11(16)12(17)5-8/h1-6H,7H2,(H2,18,20). The zero-order valence-corrected chi connectivity index (χ0v) is 11.8. The van der Waals surface area contributed by atoms with Crippen LogP contribution in [0.2, 0.25) is 5.02 Å². The van der Waals surface area contributed by atoms with Gasteiger partial charge in [0.2, 0.25) is 0 Å². The Hall–Kier alpha value is -1.72. The second kappa shape index (κ2) is 6.15. The van der Waals surface area contributed by atoms with Crippen LogP contribution in [-0.4, -0.2) is 4.99 Å². The normalized spacial score (nSPS) is 10.3. The topological polar surface area (TPSA) is 35.2 Å². The molecule has 0 fully saturated rings. The molecule has 2 aromatic carbocycles. The zero-order chi connectivity index (χ0) is 14.7. The van der Waals surface area contributed by atoms with Gasteiger partial charge in [0.1, 0.15) is 17.3 Å². The summed E-state index contributed by atoms with van der Waals surface area (Å²) in [5, 5.41) is 0.345. The summed E-state index contributed by atoms with van der Waals surface area (Å²) in [6.45, 7) is 0.0728. The molecule has 104 valence electrons. The first kappa shape index (κ1) is 14.7. The largest absolute Gasteiger partial charge is 0.487 e. The van der Waals surface area contributed by atoms with Crippen LogP contribution < -0.4 is 10.5 Å². The molecular weight excluding hydrogens is 304 g/mol. The van der Waals surface area contributed by atoms with E-state index in [2.05, 4.69) is 0 Å². The molecular formula is C14H10ClF2NOS. The van der Waals surface area contributed by atoms with E-state index in [0.29, 0.717) is 21.9 Å². The second-order valence-corrected chi connectivity index (χ2v) is 4.89. The van der Waals surface area contributed by atoms with E-state index in [1.807, 2.05) is 0 Å². The second-order valence-electron chi connectivity index (χ2n) is 4.05. The smallest absolute Gasteiger partial charge is 0.159 e. The van der Waals surface area contributed by atoms with Gasteiger partial charge in [0.05, 0.1) is 5.02 Å². The molecule has 0 spiro atoms. The molecule has 2 N–H and O–H groups in total. The van der Waals surface area contributed by atoms with Crippen LogP contribution in [0.5, 0.6) is 5.75 Å². The number of hydrogen-bond donors (Lipinski definition) is 1. The van der Waals surface area contributed by atoms with Gasteiger partial charge in [-0.3, -0.25) is 0 Å². The van der Waals surface area contributed by atoms with E-state index in [4.69, 9.17) is 34.3 Å². The predicted molar refractivity (Wildman–Crippen MR) is 78.0 cm³/mol. The van der Waals surface area contributed by atoms with E-state index >= 15 is 0 Å². The Morgan fingerprint density at radius 2 is 1.90 bits per heavy atom. The third kappa shape index (κ3) is 3.43. The van der Waals surface area contributed by atoms with Gasteiger partial charge in [0, 0.05) is 5.56 Å². The summed E-state index contributed by atoms with van der Waals surface area (Å²) in [6, 6.07) is 8.45. The SMILES string of the molecule is NC(=S)c1ccc(OCc2ccc(F)c(F)c2)c(Cl)c1. The van der Waals surface area contributed by atoms with Gasteiger partial charge in [-0.05, 0) is 35.9 Å². The maximum Gasteiger partial charge on any atom is 0.159 e. The lowest BCUT2D eigenvalue weighted by atomic mass is 10.2. The first-order valence-electron chi connectivity index (χ1n) is 5.63. The molecule has 0 saturated heterocycles. The van der Waals surface area contributed by atoms with Gasteiger partial charge in [-0.15, -0.1) is 0 Å². The van der Waals surface area contributed by atoms with Crippen LogP contribution in [0.3, 0.4) is 0 Å². The van der Waals surface area contributed by atoms with Crippen LogP contribution in [0.4, 0.5) is 8.78 Å². The Labute approximate surface area is 125 Å². The highest BCUT2D eigenvalue weighted by atomic mass is 35.5. The maximum atomic E-state index is 13.0. The summed E-state index contributed by atoms with van der Waals surface area (Å²) < 4.78 is 31.3. The van der Waals surface area contributed by atoms with E-state index in [-0.39, 0.29) is 11.6 Å². The Bertz CT molecular complexity index is 664. The van der Waals surface area contributed by atoms with Gasteiger partial charge >= 0.3 is 0 Å². The highest BCUT2D eigenvalue weighted by Crippen LogP contribution is 2.26. The Morgan fingerprint density at radius 1 is 1.15 bits per heavy atom. The van der Waals surface area contributed by atoms with Gasteiger partial charge in [0.25, 0.3) is 0 Å². The lowest BCUT2D eigenvalue weighted by Crippen LogP contribution is -2.09. The van der Waals surface area contributed by atoms with Crippen LogP contribution in [-0.2, 0) is 6.61 Å². The molecule has 0 aliphatic carbocycles. The number of rotatable bonds is 4. The van der Waals surface area contributed by atoms with Crippen molar-refractivity contribution < 1.29 is 13.5 Å². The summed E-state index contributed by atoms with van der Waals surface area (Å²) in [4.78, 5) is 0.235. The molecule has 0 heterocycles. The Morgan fingerprint density at radius 3 is 2.50 bits per heavy atom. The number of thiocarbonyl (C=S) groups is 1. The summed E-state index contributed by atoms with van der Waals surface area (Å²) in [7, 11) is 0. The van der Waals surface area contributed by atoms with Crippen molar-refractivity contribution in [1.29, 1.82) is 0 Å². The molecule has 0 aromatic heterocycles. The number of halogens is 3. The van der Waals surface area contributed by atoms with E-state index in [0.717, 1.165) is 12.1 Å². The number of ether oxygens (including phenoxy) is 1. The first-order valence-corrected chi connectivity index (χ1v) is 6.42. The monoisotopic (exact) mass is 313 g/mol. The van der Waals surface area contributed by atoms with E-state index < -0.39 is 11.6 Å². The van der Waals surface area contributed by atoms with Crippen molar-refractivity contribution in [3.63, 3.8) is 0 Å². The molecule has 0 atom stereocenters. The third-order valence-corrected chi connectivity index (χ3v) is 3.13. The fraction of sp³-hybridized carbons (Fsp3) is 0.0714. The molecule has 2 aromatic rings. The summed E-state index contributed by atoms with van der Waals surface area (Å²) in [5.74, 6) is -1.40. The quantitative estimate of drug-likeness (QED) is 0.871. The molecule has 2 nitrogen and oxygen atoms in total. The predicted octanol–water partition coefficient (Wildman–Crippen LogP) is 3.83. The van der Waals surface area contributed by atoms with Crippen molar-refractivity contribution in [1.82, 2.24) is 0 Å². The van der Waals surface area contributed by atoms with E-state index in [1.165, 1.54) is 6.07 Å². The number of hydrogen-bond acceptors (Lipinski definition) is 2. The fourth-order valence-corrected chi connectivity index (χ4v) is 1.92. The Kier molecular flexibility index (Phi) is 4.52. The van der Waals surface area contributed by atoms with Crippen LogP contribution in [0, 0.1) is 11.6 Å². The lowest BCUT2D eigenvalue weighted by molar-refractivity contribution is 0.305. The first-order chi connectivity index (χ1) is 9.47. The van der Waals surface area contributed by atoms with Crippen LogP contribution >= 0.6 is 23.8 Å². The Balaban J connectivity index is 2.10. The van der Waals surface area contributed by atoms with Crippen molar-refractivity contribution in [3.05, 3.63) is 64.2 Å². The molecule has 2 rings (SSSR count). The zero-order valence-electron chi connectivity index (χ0n) is 10.2. The minimum absolute atomic E-state index is 0.0728. The molecule has 20 heavy (non-hydrogen) atoms. The highest BCUT2D eigenvalue weighted by Gasteiger charge is 2.07. The summed E-state index contributed by atoms with van der Waals surface area (Å²) >= 11 is 10.9. The van der Waals surface area contributed by atoms with Crippen LogP contribution in [0.15, 0.2) is 36.4 Å². The van der Waals surface area contributed by atoms with Gasteiger partial charge in [-0.1, -0.05) is 29.9 Å². The average Bonchev–Trinajstić information content (AvgIpc) is 2.41. The minimum Gasteiger partial charge on any atom is -0.487 e. The summed E-state index contributed by atoms with van der Waals surface area (Å²) in [5.41, 5.74) is 6.61. The number of benzene rings is 2. The molecule has 0 amide bonds. The lowest BCUT2D eigenvalue weighted by Gasteiger charge is -2.09. The molecule has 6 heteroatoms. The van der Waals surface area contributed by atoms with Gasteiger partial charge in [-0.2, -0.15) is 0 Å². The fourth-order valence-electron chi connectivity index (χ4n) is 1.56. The molecule has 0 bridgehead atoms. The molecule has 0 radical (unpaired) electrons. The van der Waals surface area contributed by atoms with Crippen molar-refractivity contribution >= 4 is 28.8 Å². The molecule has 0 unspecified atom stereocenters. The molecule has 0 aliphatic heterocycles. The number of nitrogens with two attached hydrogens (primary N) is 1. The minimum atomic E-state index is -0.916.